The molecule has 7 heteroatoms. The van der Waals surface area contributed by atoms with Gasteiger partial charge in [0.15, 0.2) is 18.2 Å². The van der Waals surface area contributed by atoms with E-state index in [2.05, 4.69) is 15.5 Å². The molecular weight excluding hydrogens is 358 g/mol. The van der Waals surface area contributed by atoms with Crippen LogP contribution in [0.1, 0.15) is 42.9 Å². The lowest BCUT2D eigenvalue weighted by Gasteiger charge is -2.08. The molecule has 0 fully saturated rings. The Morgan fingerprint density at radius 3 is 2.54 bits per heavy atom. The van der Waals surface area contributed by atoms with E-state index in [0.29, 0.717) is 28.7 Å². The number of ether oxygens (including phenoxy) is 1. The van der Waals surface area contributed by atoms with Gasteiger partial charge in [-0.25, -0.2) is 0 Å². The zero-order valence-electron chi connectivity index (χ0n) is 15.9. The highest BCUT2D eigenvalue weighted by Gasteiger charge is 2.12. The van der Waals surface area contributed by atoms with Crippen molar-refractivity contribution in [2.75, 3.05) is 11.9 Å². The second-order valence-corrected chi connectivity index (χ2v) is 6.61. The SMILES string of the molecule is CC(=O)c1ccc(NC(=O)COc2cccc(-c3nc(C(C)C)no3)c2)cc1. The zero-order valence-corrected chi connectivity index (χ0v) is 15.9. The van der Waals surface area contributed by atoms with Gasteiger partial charge in [0.25, 0.3) is 11.8 Å². The molecular formula is C21H21N3O4. The minimum Gasteiger partial charge on any atom is -0.484 e. The molecule has 0 saturated heterocycles. The third kappa shape index (κ3) is 4.82. The van der Waals surface area contributed by atoms with Crippen LogP contribution in [0.5, 0.6) is 5.75 Å². The van der Waals surface area contributed by atoms with E-state index in [1.54, 1.807) is 42.5 Å². The van der Waals surface area contributed by atoms with Gasteiger partial charge in [0.1, 0.15) is 5.75 Å². The van der Waals surface area contributed by atoms with Crippen molar-refractivity contribution in [3.05, 3.63) is 59.9 Å². The van der Waals surface area contributed by atoms with Crippen molar-refractivity contribution in [1.29, 1.82) is 0 Å². The van der Waals surface area contributed by atoms with Gasteiger partial charge in [0.2, 0.25) is 0 Å². The quantitative estimate of drug-likeness (QED) is 0.622. The van der Waals surface area contributed by atoms with Crippen LogP contribution in [0.2, 0.25) is 0 Å². The van der Waals surface area contributed by atoms with Crippen LogP contribution in [-0.2, 0) is 4.79 Å². The van der Waals surface area contributed by atoms with Gasteiger partial charge >= 0.3 is 0 Å². The van der Waals surface area contributed by atoms with Crippen molar-refractivity contribution in [1.82, 2.24) is 10.1 Å². The molecule has 0 spiro atoms. The smallest absolute Gasteiger partial charge is 0.262 e. The molecule has 28 heavy (non-hydrogen) atoms. The summed E-state index contributed by atoms with van der Waals surface area (Å²) >= 11 is 0. The number of carbonyl (C=O) groups excluding carboxylic acids is 2. The third-order valence-corrected chi connectivity index (χ3v) is 3.98. The van der Waals surface area contributed by atoms with Gasteiger partial charge in [0, 0.05) is 22.7 Å². The minimum absolute atomic E-state index is 0.0251. The highest BCUT2D eigenvalue weighted by atomic mass is 16.5. The summed E-state index contributed by atoms with van der Waals surface area (Å²) in [4.78, 5) is 27.7. The lowest BCUT2D eigenvalue weighted by molar-refractivity contribution is -0.118. The zero-order chi connectivity index (χ0) is 20.1. The van der Waals surface area contributed by atoms with Gasteiger partial charge in [-0.1, -0.05) is 25.1 Å². The molecule has 3 aromatic rings. The van der Waals surface area contributed by atoms with Gasteiger partial charge in [-0.2, -0.15) is 4.98 Å². The Morgan fingerprint density at radius 2 is 1.89 bits per heavy atom. The molecule has 0 aliphatic heterocycles. The van der Waals surface area contributed by atoms with Crippen molar-refractivity contribution < 1.29 is 18.8 Å². The first-order valence-electron chi connectivity index (χ1n) is 8.90. The average molecular weight is 379 g/mol. The molecule has 1 aromatic heterocycles. The Morgan fingerprint density at radius 1 is 1.14 bits per heavy atom. The van der Waals surface area contributed by atoms with Gasteiger partial charge in [-0.3, -0.25) is 9.59 Å². The number of ketones is 1. The first kappa shape index (κ1) is 19.3. The predicted octanol–water partition coefficient (Wildman–Crippen LogP) is 4.08. The molecule has 7 nitrogen and oxygen atoms in total. The molecule has 1 amide bonds. The Kier molecular flexibility index (Phi) is 5.84. The fourth-order valence-electron chi connectivity index (χ4n) is 2.44. The maximum absolute atomic E-state index is 12.1. The molecule has 0 radical (unpaired) electrons. The fourth-order valence-corrected chi connectivity index (χ4v) is 2.44. The van der Waals surface area contributed by atoms with Crippen LogP contribution in [-0.4, -0.2) is 28.4 Å². The van der Waals surface area contributed by atoms with Crippen molar-refractivity contribution in [2.24, 2.45) is 0 Å². The third-order valence-electron chi connectivity index (χ3n) is 3.98. The van der Waals surface area contributed by atoms with Crippen molar-refractivity contribution in [3.63, 3.8) is 0 Å². The Labute approximate surface area is 162 Å². The molecule has 0 unspecified atom stereocenters. The summed E-state index contributed by atoms with van der Waals surface area (Å²) in [5, 5.41) is 6.67. The van der Waals surface area contributed by atoms with Gasteiger partial charge in [-0.15, -0.1) is 0 Å². The summed E-state index contributed by atoms with van der Waals surface area (Å²) in [7, 11) is 0. The normalized spacial score (nSPS) is 10.7. The lowest BCUT2D eigenvalue weighted by Crippen LogP contribution is -2.20. The number of nitrogens with zero attached hydrogens (tertiary/aromatic N) is 2. The summed E-state index contributed by atoms with van der Waals surface area (Å²) < 4.78 is 10.8. The predicted molar refractivity (Wildman–Crippen MR) is 104 cm³/mol. The number of Topliss-reactive ketones (excluding diaryl/α,β-unsaturated/α-hetero) is 1. The first-order chi connectivity index (χ1) is 13.4. The molecule has 1 N–H and O–H groups in total. The maximum Gasteiger partial charge on any atom is 0.262 e. The maximum atomic E-state index is 12.1. The molecule has 0 aliphatic carbocycles. The largest absolute Gasteiger partial charge is 0.484 e. The van der Waals surface area contributed by atoms with E-state index in [-0.39, 0.29) is 24.2 Å². The number of nitrogens with one attached hydrogen (secondary N) is 1. The summed E-state index contributed by atoms with van der Waals surface area (Å²) in [5.41, 5.74) is 1.91. The topological polar surface area (TPSA) is 94.3 Å². The lowest BCUT2D eigenvalue weighted by atomic mass is 10.1. The van der Waals surface area contributed by atoms with Gasteiger partial charge in [0.05, 0.1) is 0 Å². The molecule has 0 aliphatic rings. The van der Waals surface area contributed by atoms with E-state index in [4.69, 9.17) is 9.26 Å². The summed E-state index contributed by atoms with van der Waals surface area (Å²) in [6.07, 6.45) is 0. The minimum atomic E-state index is -0.305. The van der Waals surface area contributed by atoms with Crippen LogP contribution in [0.3, 0.4) is 0 Å². The monoisotopic (exact) mass is 379 g/mol. The Balaban J connectivity index is 1.59. The van der Waals surface area contributed by atoms with Gasteiger partial charge in [-0.05, 0) is 49.4 Å². The molecule has 0 saturated carbocycles. The number of hydrogen-bond acceptors (Lipinski definition) is 6. The van der Waals surface area contributed by atoms with E-state index in [1.807, 2.05) is 19.9 Å². The fraction of sp³-hybridized carbons (Fsp3) is 0.238. The molecule has 0 bridgehead atoms. The van der Waals surface area contributed by atoms with Crippen LogP contribution < -0.4 is 10.1 Å². The highest BCUT2D eigenvalue weighted by molar-refractivity contribution is 5.95. The standard InChI is InChI=1S/C21H21N3O4/c1-13(2)20-23-21(28-24-20)16-5-4-6-18(11-16)27-12-19(26)22-17-9-7-15(8-10-17)14(3)25/h4-11,13H,12H2,1-3H3,(H,22,26). The first-order valence-corrected chi connectivity index (χ1v) is 8.90. The van der Waals surface area contributed by atoms with Crippen LogP contribution in [0.15, 0.2) is 53.1 Å². The second kappa shape index (κ2) is 8.47. The summed E-state index contributed by atoms with van der Waals surface area (Å²) in [6, 6.07) is 13.8. The summed E-state index contributed by atoms with van der Waals surface area (Å²) in [5.74, 6) is 1.40. The summed E-state index contributed by atoms with van der Waals surface area (Å²) in [6.45, 7) is 5.31. The highest BCUT2D eigenvalue weighted by Crippen LogP contribution is 2.24. The Bertz CT molecular complexity index is 977. The van der Waals surface area contributed by atoms with Crippen LogP contribution in [0, 0.1) is 0 Å². The second-order valence-electron chi connectivity index (χ2n) is 6.61. The van der Waals surface area contributed by atoms with E-state index >= 15 is 0 Å². The molecule has 144 valence electrons. The van der Waals surface area contributed by atoms with Crippen molar-refractivity contribution in [3.8, 4) is 17.2 Å². The average Bonchev–Trinajstić information content (AvgIpc) is 3.18. The molecule has 0 atom stereocenters. The number of amides is 1. The molecule has 1 heterocycles. The van der Waals surface area contributed by atoms with Crippen molar-refractivity contribution in [2.45, 2.75) is 26.7 Å². The van der Waals surface area contributed by atoms with E-state index < -0.39 is 0 Å². The van der Waals surface area contributed by atoms with E-state index in [0.717, 1.165) is 5.56 Å². The van der Waals surface area contributed by atoms with Crippen molar-refractivity contribution >= 4 is 17.4 Å². The van der Waals surface area contributed by atoms with E-state index in [9.17, 15) is 9.59 Å². The van der Waals surface area contributed by atoms with Crippen LogP contribution in [0.25, 0.3) is 11.5 Å². The van der Waals surface area contributed by atoms with Crippen LogP contribution in [0.4, 0.5) is 5.69 Å². The van der Waals surface area contributed by atoms with Gasteiger partial charge < -0.3 is 14.6 Å². The van der Waals surface area contributed by atoms with Crippen LogP contribution >= 0.6 is 0 Å². The number of hydrogen-bond donors (Lipinski definition) is 1. The molecule has 3 rings (SSSR count). The Hall–Kier alpha value is -3.48. The number of benzene rings is 2. The van der Waals surface area contributed by atoms with E-state index in [1.165, 1.54) is 6.92 Å². The molecule has 2 aromatic carbocycles. The number of carbonyl (C=O) groups is 2. The number of rotatable bonds is 7. The number of aromatic nitrogens is 2. The number of anilines is 1.